The lowest BCUT2D eigenvalue weighted by Crippen LogP contribution is -2.29. The van der Waals surface area contributed by atoms with Crippen molar-refractivity contribution in [2.75, 3.05) is 7.11 Å². The average molecular weight is 431 g/mol. The minimum Gasteiger partial charge on any atom is -0.507 e. The molecular weight excluding hydrogens is 406 g/mol. The molecule has 164 valence electrons. The molecule has 2 N–H and O–H groups in total. The lowest BCUT2D eigenvalue weighted by atomic mass is 9.85. The predicted molar refractivity (Wildman–Crippen MR) is 122 cm³/mol. The number of pyridine rings is 1. The number of H-pyrrole nitrogens is 1. The number of imidazole rings is 1. The standard InChI is InChI=1S/C25H25N3O4/c1-16-12-22(29)24(25(31)28(16)11-10-18-14-26-15-27-18)21(13-23(30)32-2)20-9-5-7-17-6-3-4-8-19(17)20/h3-9,12,14-15,21,29H,10-11,13H2,1-2H3,(H,26,27). The maximum atomic E-state index is 13.6. The zero-order chi connectivity index (χ0) is 22.7. The molecule has 0 aliphatic heterocycles. The van der Waals surface area contributed by atoms with Gasteiger partial charge < -0.3 is 19.4 Å². The number of aromatic nitrogens is 3. The number of aromatic hydroxyl groups is 1. The number of hydrogen-bond donors (Lipinski definition) is 2. The fourth-order valence-corrected chi connectivity index (χ4v) is 4.20. The molecule has 2 aromatic heterocycles. The maximum Gasteiger partial charge on any atom is 0.306 e. The van der Waals surface area contributed by atoms with Crippen molar-refractivity contribution in [2.24, 2.45) is 0 Å². The smallest absolute Gasteiger partial charge is 0.306 e. The van der Waals surface area contributed by atoms with Gasteiger partial charge >= 0.3 is 5.97 Å². The van der Waals surface area contributed by atoms with Gasteiger partial charge in [-0.05, 0) is 29.3 Å². The van der Waals surface area contributed by atoms with Gasteiger partial charge in [0.2, 0.25) is 0 Å². The van der Waals surface area contributed by atoms with E-state index in [0.717, 1.165) is 22.0 Å². The number of hydrogen-bond acceptors (Lipinski definition) is 5. The molecule has 4 aromatic rings. The van der Waals surface area contributed by atoms with Gasteiger partial charge in [0.25, 0.3) is 5.56 Å². The third-order valence-corrected chi connectivity index (χ3v) is 5.83. The molecule has 0 aliphatic rings. The van der Waals surface area contributed by atoms with Gasteiger partial charge in [0.05, 0.1) is 25.4 Å². The lowest BCUT2D eigenvalue weighted by molar-refractivity contribution is -0.140. The zero-order valence-electron chi connectivity index (χ0n) is 18.0. The number of fused-ring (bicyclic) bond motifs is 1. The number of aromatic amines is 1. The predicted octanol–water partition coefficient (Wildman–Crippen LogP) is 3.68. The van der Waals surface area contributed by atoms with Crippen LogP contribution in [0.15, 0.2) is 65.8 Å². The van der Waals surface area contributed by atoms with Crippen molar-refractivity contribution < 1.29 is 14.6 Å². The fourth-order valence-electron chi connectivity index (χ4n) is 4.20. The molecule has 2 heterocycles. The van der Waals surface area contributed by atoms with E-state index in [1.165, 1.54) is 7.11 Å². The Hall–Kier alpha value is -3.87. The van der Waals surface area contributed by atoms with Crippen molar-refractivity contribution in [2.45, 2.75) is 32.2 Å². The first kappa shape index (κ1) is 21.4. The minimum absolute atomic E-state index is 0.0586. The maximum absolute atomic E-state index is 13.6. The van der Waals surface area contributed by atoms with Crippen molar-refractivity contribution in [3.05, 3.63) is 93.9 Å². The molecule has 1 unspecified atom stereocenters. The molecule has 32 heavy (non-hydrogen) atoms. The second-order valence-electron chi connectivity index (χ2n) is 7.77. The SMILES string of the molecule is COC(=O)CC(c1c(O)cc(C)n(CCc2cnc[nH]2)c1=O)c1cccc2ccccc12. The zero-order valence-corrected chi connectivity index (χ0v) is 18.0. The van der Waals surface area contributed by atoms with Gasteiger partial charge in [-0.1, -0.05) is 42.5 Å². The number of rotatable bonds is 7. The van der Waals surface area contributed by atoms with E-state index in [9.17, 15) is 14.7 Å². The average Bonchev–Trinajstić information content (AvgIpc) is 3.31. The van der Waals surface area contributed by atoms with E-state index in [1.54, 1.807) is 30.1 Å². The molecule has 2 aromatic carbocycles. The molecular formula is C25H25N3O4. The largest absolute Gasteiger partial charge is 0.507 e. The van der Waals surface area contributed by atoms with Crippen LogP contribution < -0.4 is 5.56 Å². The second-order valence-corrected chi connectivity index (χ2v) is 7.77. The Balaban J connectivity index is 1.86. The van der Waals surface area contributed by atoms with Gasteiger partial charge in [0.1, 0.15) is 5.75 Å². The summed E-state index contributed by atoms with van der Waals surface area (Å²) < 4.78 is 6.56. The summed E-state index contributed by atoms with van der Waals surface area (Å²) in [7, 11) is 1.32. The number of nitrogens with one attached hydrogen (secondary N) is 1. The van der Waals surface area contributed by atoms with Crippen molar-refractivity contribution in [3.63, 3.8) is 0 Å². The fraction of sp³-hybridized carbons (Fsp3) is 0.240. The van der Waals surface area contributed by atoms with E-state index in [0.29, 0.717) is 18.7 Å². The van der Waals surface area contributed by atoms with Gasteiger partial charge in [-0.25, -0.2) is 4.98 Å². The Morgan fingerprint density at radius 2 is 2.00 bits per heavy atom. The summed E-state index contributed by atoms with van der Waals surface area (Å²) in [6, 6.07) is 15.1. The van der Waals surface area contributed by atoms with Crippen LogP contribution >= 0.6 is 0 Å². The van der Waals surface area contributed by atoms with E-state index >= 15 is 0 Å². The minimum atomic E-state index is -0.653. The van der Waals surface area contributed by atoms with Crippen LogP contribution in [0.5, 0.6) is 5.75 Å². The van der Waals surface area contributed by atoms with E-state index in [4.69, 9.17) is 4.74 Å². The number of nitrogens with zero attached hydrogens (tertiary/aromatic N) is 2. The number of methoxy groups -OCH3 is 1. The first-order valence-electron chi connectivity index (χ1n) is 10.4. The van der Waals surface area contributed by atoms with E-state index in [-0.39, 0.29) is 23.3 Å². The Bertz CT molecular complexity index is 1300. The molecule has 0 radical (unpaired) electrons. The summed E-state index contributed by atoms with van der Waals surface area (Å²) in [5.41, 5.74) is 2.23. The van der Waals surface area contributed by atoms with E-state index < -0.39 is 11.9 Å². The van der Waals surface area contributed by atoms with Crippen molar-refractivity contribution in [1.29, 1.82) is 0 Å². The first-order valence-corrected chi connectivity index (χ1v) is 10.4. The van der Waals surface area contributed by atoms with Crippen molar-refractivity contribution >= 4 is 16.7 Å². The van der Waals surface area contributed by atoms with Crippen LogP contribution in [-0.4, -0.2) is 32.7 Å². The van der Waals surface area contributed by atoms with Gasteiger partial charge in [-0.15, -0.1) is 0 Å². The third kappa shape index (κ3) is 4.14. The molecule has 0 fully saturated rings. The molecule has 4 rings (SSSR count). The highest BCUT2D eigenvalue weighted by Crippen LogP contribution is 2.36. The van der Waals surface area contributed by atoms with Crippen LogP contribution in [-0.2, 0) is 22.5 Å². The molecule has 0 bridgehead atoms. The summed E-state index contributed by atoms with van der Waals surface area (Å²) in [6.45, 7) is 2.20. The summed E-state index contributed by atoms with van der Waals surface area (Å²) in [5.74, 6) is -1.22. The normalized spacial score (nSPS) is 12.1. The third-order valence-electron chi connectivity index (χ3n) is 5.83. The number of aryl methyl sites for hydroxylation is 2. The van der Waals surface area contributed by atoms with Crippen LogP contribution in [0.4, 0.5) is 0 Å². The quantitative estimate of drug-likeness (QED) is 0.435. The van der Waals surface area contributed by atoms with Crippen LogP contribution in [0.3, 0.4) is 0 Å². The summed E-state index contributed by atoms with van der Waals surface area (Å²) in [4.78, 5) is 33.0. The summed E-state index contributed by atoms with van der Waals surface area (Å²) in [5, 5.41) is 12.8. The highest BCUT2D eigenvalue weighted by Gasteiger charge is 2.27. The number of benzene rings is 2. The number of ether oxygens (including phenoxy) is 1. The number of esters is 1. The van der Waals surface area contributed by atoms with Gasteiger partial charge in [0.15, 0.2) is 0 Å². The van der Waals surface area contributed by atoms with Crippen LogP contribution in [0.1, 0.15) is 34.9 Å². The number of carbonyl (C=O) groups is 1. The Labute approximate surface area is 185 Å². The van der Waals surface area contributed by atoms with Crippen LogP contribution in [0.25, 0.3) is 10.8 Å². The van der Waals surface area contributed by atoms with E-state index in [1.807, 2.05) is 42.5 Å². The molecule has 1 atom stereocenters. The van der Waals surface area contributed by atoms with Gasteiger partial charge in [-0.2, -0.15) is 0 Å². The lowest BCUT2D eigenvalue weighted by Gasteiger charge is -2.21. The summed E-state index contributed by atoms with van der Waals surface area (Å²) >= 11 is 0. The van der Waals surface area contributed by atoms with E-state index in [2.05, 4.69) is 9.97 Å². The van der Waals surface area contributed by atoms with Crippen LogP contribution in [0.2, 0.25) is 0 Å². The molecule has 7 nitrogen and oxygen atoms in total. The topological polar surface area (TPSA) is 97.2 Å². The molecule has 0 aliphatic carbocycles. The Kier molecular flexibility index (Phi) is 6.07. The molecule has 0 spiro atoms. The molecule has 0 saturated heterocycles. The Morgan fingerprint density at radius 3 is 2.75 bits per heavy atom. The Morgan fingerprint density at radius 1 is 1.22 bits per heavy atom. The first-order chi connectivity index (χ1) is 15.5. The molecule has 0 saturated carbocycles. The highest BCUT2D eigenvalue weighted by atomic mass is 16.5. The summed E-state index contributed by atoms with van der Waals surface area (Å²) in [6.07, 6.45) is 3.84. The second kappa shape index (κ2) is 9.09. The highest BCUT2D eigenvalue weighted by molar-refractivity contribution is 5.87. The van der Waals surface area contributed by atoms with Crippen LogP contribution in [0, 0.1) is 6.92 Å². The monoisotopic (exact) mass is 431 g/mol. The van der Waals surface area contributed by atoms with Gasteiger partial charge in [-0.3, -0.25) is 9.59 Å². The van der Waals surface area contributed by atoms with Crippen molar-refractivity contribution in [1.82, 2.24) is 14.5 Å². The molecule has 7 heteroatoms. The van der Waals surface area contributed by atoms with Crippen molar-refractivity contribution in [3.8, 4) is 5.75 Å². The van der Waals surface area contributed by atoms with Gasteiger partial charge in [0, 0.05) is 36.5 Å². The number of carbonyl (C=O) groups excluding carboxylic acids is 1. The molecule has 0 amide bonds.